The molecule has 0 spiro atoms. The van der Waals surface area contributed by atoms with Crippen molar-refractivity contribution in [3.63, 3.8) is 0 Å². The Hall–Kier alpha value is -1.46. The second-order valence-electron chi connectivity index (χ2n) is 4.67. The van der Waals surface area contributed by atoms with Gasteiger partial charge in [-0.3, -0.25) is 4.68 Å². The standard InChI is InChI=1S/C13H18ClN5/c1-8(2)19-13(10(14)7-17-19)12(15-4)11-5-6-16-9(3)18-11/h5-8,12,15H,1-4H3. The second-order valence-corrected chi connectivity index (χ2v) is 5.07. The molecule has 0 aliphatic rings. The third-order valence-electron chi connectivity index (χ3n) is 2.93. The molecule has 0 aliphatic carbocycles. The van der Waals surface area contributed by atoms with E-state index in [1.54, 1.807) is 12.4 Å². The minimum atomic E-state index is -0.0981. The van der Waals surface area contributed by atoms with Crippen molar-refractivity contribution in [2.24, 2.45) is 0 Å². The number of hydrogen-bond acceptors (Lipinski definition) is 4. The lowest BCUT2D eigenvalue weighted by atomic mass is 10.1. The van der Waals surface area contributed by atoms with Gasteiger partial charge in [-0.25, -0.2) is 9.97 Å². The van der Waals surface area contributed by atoms with E-state index in [2.05, 4.69) is 34.2 Å². The lowest BCUT2D eigenvalue weighted by Crippen LogP contribution is -2.24. The first-order chi connectivity index (χ1) is 9.04. The first kappa shape index (κ1) is 14.0. The van der Waals surface area contributed by atoms with Gasteiger partial charge in [0.2, 0.25) is 0 Å². The molecule has 102 valence electrons. The van der Waals surface area contributed by atoms with E-state index in [-0.39, 0.29) is 12.1 Å². The molecule has 2 aromatic heterocycles. The van der Waals surface area contributed by atoms with Gasteiger partial charge in [-0.05, 0) is 33.9 Å². The minimum absolute atomic E-state index is 0.0981. The third kappa shape index (κ3) is 2.77. The van der Waals surface area contributed by atoms with Crippen LogP contribution in [-0.2, 0) is 0 Å². The highest BCUT2D eigenvalue weighted by Crippen LogP contribution is 2.28. The molecule has 1 N–H and O–H groups in total. The van der Waals surface area contributed by atoms with Crippen molar-refractivity contribution < 1.29 is 0 Å². The Balaban J connectivity index is 2.51. The first-order valence-corrected chi connectivity index (χ1v) is 6.62. The van der Waals surface area contributed by atoms with Gasteiger partial charge in [0.15, 0.2) is 0 Å². The van der Waals surface area contributed by atoms with Crippen molar-refractivity contribution in [1.29, 1.82) is 0 Å². The predicted molar refractivity (Wildman–Crippen MR) is 75.3 cm³/mol. The molecular formula is C13H18ClN5. The fourth-order valence-electron chi connectivity index (χ4n) is 2.09. The van der Waals surface area contributed by atoms with Crippen LogP contribution in [0.4, 0.5) is 0 Å². The molecule has 1 unspecified atom stereocenters. The van der Waals surface area contributed by atoms with Gasteiger partial charge >= 0.3 is 0 Å². The average Bonchev–Trinajstić information content (AvgIpc) is 2.73. The van der Waals surface area contributed by atoms with Crippen LogP contribution in [0.15, 0.2) is 18.5 Å². The zero-order chi connectivity index (χ0) is 14.0. The topological polar surface area (TPSA) is 55.6 Å². The lowest BCUT2D eigenvalue weighted by Gasteiger charge is -2.20. The summed E-state index contributed by atoms with van der Waals surface area (Å²) in [5.41, 5.74) is 1.82. The maximum absolute atomic E-state index is 6.29. The van der Waals surface area contributed by atoms with E-state index < -0.39 is 0 Å². The van der Waals surface area contributed by atoms with Crippen molar-refractivity contribution in [3.8, 4) is 0 Å². The molecule has 5 nitrogen and oxygen atoms in total. The molecule has 0 aliphatic heterocycles. The summed E-state index contributed by atoms with van der Waals surface area (Å²) < 4.78 is 1.92. The van der Waals surface area contributed by atoms with Crippen LogP contribution in [0.2, 0.25) is 5.02 Å². The van der Waals surface area contributed by atoms with Crippen molar-refractivity contribution >= 4 is 11.6 Å². The molecular weight excluding hydrogens is 262 g/mol. The predicted octanol–water partition coefficient (Wildman–Crippen LogP) is 2.52. The Morgan fingerprint density at radius 3 is 2.68 bits per heavy atom. The molecule has 2 aromatic rings. The molecule has 2 rings (SSSR count). The Morgan fingerprint density at radius 2 is 2.11 bits per heavy atom. The Bertz CT molecular complexity index is 564. The number of aromatic nitrogens is 4. The van der Waals surface area contributed by atoms with Crippen LogP contribution in [0.3, 0.4) is 0 Å². The summed E-state index contributed by atoms with van der Waals surface area (Å²) in [5, 5.41) is 8.22. The van der Waals surface area contributed by atoms with E-state index in [0.29, 0.717) is 5.02 Å². The Labute approximate surface area is 118 Å². The maximum Gasteiger partial charge on any atom is 0.125 e. The first-order valence-electron chi connectivity index (χ1n) is 6.24. The molecule has 19 heavy (non-hydrogen) atoms. The second kappa shape index (κ2) is 5.67. The average molecular weight is 280 g/mol. The van der Waals surface area contributed by atoms with Gasteiger partial charge in [0, 0.05) is 12.2 Å². The highest BCUT2D eigenvalue weighted by atomic mass is 35.5. The summed E-state index contributed by atoms with van der Waals surface area (Å²) in [6.07, 6.45) is 3.43. The highest BCUT2D eigenvalue weighted by Gasteiger charge is 2.23. The van der Waals surface area contributed by atoms with Gasteiger partial charge in [0.1, 0.15) is 5.82 Å². The molecule has 1 atom stereocenters. The van der Waals surface area contributed by atoms with E-state index in [4.69, 9.17) is 11.6 Å². The van der Waals surface area contributed by atoms with E-state index in [1.165, 1.54) is 0 Å². The number of rotatable bonds is 4. The molecule has 0 saturated heterocycles. The van der Waals surface area contributed by atoms with Gasteiger partial charge in [-0.2, -0.15) is 5.10 Å². The van der Waals surface area contributed by atoms with Crippen LogP contribution in [0, 0.1) is 6.92 Å². The number of halogens is 1. The fourth-order valence-corrected chi connectivity index (χ4v) is 2.33. The van der Waals surface area contributed by atoms with Gasteiger partial charge in [-0.15, -0.1) is 0 Å². The summed E-state index contributed by atoms with van der Waals surface area (Å²) in [6.45, 7) is 6.02. The largest absolute Gasteiger partial charge is 0.307 e. The van der Waals surface area contributed by atoms with Gasteiger partial charge in [0.05, 0.1) is 28.6 Å². The molecule has 2 heterocycles. The Morgan fingerprint density at radius 1 is 1.37 bits per heavy atom. The van der Waals surface area contributed by atoms with E-state index in [1.807, 2.05) is 24.7 Å². The number of aryl methyl sites for hydroxylation is 1. The van der Waals surface area contributed by atoms with Crippen LogP contribution in [0.1, 0.15) is 43.1 Å². The molecule has 6 heteroatoms. The van der Waals surface area contributed by atoms with E-state index in [0.717, 1.165) is 17.2 Å². The minimum Gasteiger partial charge on any atom is -0.307 e. The number of nitrogens with zero attached hydrogens (tertiary/aromatic N) is 4. The molecule has 0 fully saturated rings. The number of nitrogens with one attached hydrogen (secondary N) is 1. The zero-order valence-corrected chi connectivity index (χ0v) is 12.3. The maximum atomic E-state index is 6.29. The van der Waals surface area contributed by atoms with Gasteiger partial charge < -0.3 is 5.32 Å². The fraction of sp³-hybridized carbons (Fsp3) is 0.462. The molecule has 0 radical (unpaired) electrons. The quantitative estimate of drug-likeness (QED) is 0.934. The van der Waals surface area contributed by atoms with Crippen LogP contribution < -0.4 is 5.32 Å². The molecule has 0 aromatic carbocycles. The van der Waals surface area contributed by atoms with E-state index in [9.17, 15) is 0 Å². The van der Waals surface area contributed by atoms with Gasteiger partial charge in [0.25, 0.3) is 0 Å². The van der Waals surface area contributed by atoms with Gasteiger partial charge in [-0.1, -0.05) is 11.6 Å². The molecule has 0 saturated carbocycles. The summed E-state index contributed by atoms with van der Waals surface area (Å²) in [4.78, 5) is 8.59. The highest BCUT2D eigenvalue weighted by molar-refractivity contribution is 6.31. The van der Waals surface area contributed by atoms with Crippen LogP contribution >= 0.6 is 11.6 Å². The summed E-state index contributed by atoms with van der Waals surface area (Å²) in [7, 11) is 1.89. The zero-order valence-electron chi connectivity index (χ0n) is 11.6. The summed E-state index contributed by atoms with van der Waals surface area (Å²) >= 11 is 6.29. The summed E-state index contributed by atoms with van der Waals surface area (Å²) in [6, 6.07) is 2.03. The molecule has 0 bridgehead atoms. The smallest absolute Gasteiger partial charge is 0.125 e. The Kier molecular flexibility index (Phi) is 4.17. The normalized spacial score (nSPS) is 12.9. The SMILES string of the molecule is CNC(c1ccnc(C)n1)c1c(Cl)cnn1C(C)C. The monoisotopic (exact) mass is 279 g/mol. The molecule has 0 amide bonds. The van der Waals surface area contributed by atoms with Crippen molar-refractivity contribution in [3.05, 3.63) is 40.7 Å². The van der Waals surface area contributed by atoms with E-state index >= 15 is 0 Å². The van der Waals surface area contributed by atoms with Crippen molar-refractivity contribution in [2.45, 2.75) is 32.9 Å². The number of hydrogen-bond donors (Lipinski definition) is 1. The summed E-state index contributed by atoms with van der Waals surface area (Å²) in [5.74, 6) is 0.740. The van der Waals surface area contributed by atoms with Crippen LogP contribution in [0.5, 0.6) is 0 Å². The third-order valence-corrected chi connectivity index (χ3v) is 3.22. The van der Waals surface area contributed by atoms with Crippen LogP contribution in [-0.4, -0.2) is 26.8 Å². The lowest BCUT2D eigenvalue weighted by molar-refractivity contribution is 0.480. The van der Waals surface area contributed by atoms with Crippen molar-refractivity contribution in [1.82, 2.24) is 25.1 Å². The van der Waals surface area contributed by atoms with Crippen molar-refractivity contribution in [2.75, 3.05) is 7.05 Å². The van der Waals surface area contributed by atoms with Crippen LogP contribution in [0.25, 0.3) is 0 Å².